The van der Waals surface area contributed by atoms with Gasteiger partial charge in [-0.3, -0.25) is 0 Å². The number of benzene rings is 2. The molecule has 0 saturated carbocycles. The van der Waals surface area contributed by atoms with Crippen LogP contribution in [0, 0.1) is 13.8 Å². The van der Waals surface area contributed by atoms with Gasteiger partial charge in [0.1, 0.15) is 0 Å². The molecule has 0 aromatic heterocycles. The molecule has 2 aliphatic carbocycles. The molecule has 160 valence electrons. The molecule has 0 N–H and O–H groups in total. The number of hydrogen-bond acceptors (Lipinski definition) is 0. The summed E-state index contributed by atoms with van der Waals surface area (Å²) in [5.41, 5.74) is 13.8. The first-order chi connectivity index (χ1) is 14.6. The molecule has 2 atom stereocenters. The third-order valence-electron chi connectivity index (χ3n) is 8.30. The molecule has 4 rings (SSSR count). The van der Waals surface area contributed by atoms with Crippen LogP contribution in [-0.2, 0) is 22.9 Å². The van der Waals surface area contributed by atoms with Crippen LogP contribution >= 0.6 is 0 Å². The summed E-state index contributed by atoms with van der Waals surface area (Å²) in [6.45, 7) is 19.0. The number of aryl methyl sites for hydroxylation is 2. The summed E-state index contributed by atoms with van der Waals surface area (Å²) in [5.74, 6) is 1.16. The second-order valence-electron chi connectivity index (χ2n) is 10.0. The molecule has 0 aliphatic heterocycles. The molecule has 0 fully saturated rings. The van der Waals surface area contributed by atoms with E-state index in [1.165, 1.54) is 28.7 Å². The number of fused-ring (bicyclic) bond motifs is 1. The molecule has 0 bridgehead atoms. The molecular weight excluding hydrogens is 539 g/mol. The first-order valence-corrected chi connectivity index (χ1v) is 15.2. The van der Waals surface area contributed by atoms with E-state index >= 15 is 0 Å². The van der Waals surface area contributed by atoms with Gasteiger partial charge in [0, 0.05) is 0 Å². The van der Waals surface area contributed by atoms with Crippen molar-refractivity contribution in [1.29, 1.82) is 0 Å². The molecule has 0 heterocycles. The molecule has 2 unspecified atom stereocenters. The van der Waals surface area contributed by atoms with Gasteiger partial charge in [-0.25, -0.2) is 0 Å². The molecule has 2 aliphatic rings. The Morgan fingerprint density at radius 2 is 1.45 bits per heavy atom. The number of hydrogen-bond donors (Lipinski definition) is 0. The minimum atomic E-state index is -1.16. The molecular formula is C30H36Hf. The van der Waals surface area contributed by atoms with Crippen molar-refractivity contribution < 1.29 is 22.9 Å². The van der Waals surface area contributed by atoms with Crippen molar-refractivity contribution in [1.82, 2.24) is 0 Å². The maximum absolute atomic E-state index is 2.61. The van der Waals surface area contributed by atoms with Gasteiger partial charge < -0.3 is 0 Å². The standard InChI is InChI=1S/C20H21.C10H15.Hf/c1-14-11-18-9-10-19(20(18)13-15(14)2)12-16(3)17-7-5-4-6-8-17;1-6-7(2)9(4)10(5)8(6)3;/h4-9,11,13,16,19H,12H2,1-3H3;1-5H3;. The predicted molar refractivity (Wildman–Crippen MR) is 131 cm³/mol. The van der Waals surface area contributed by atoms with Crippen LogP contribution in [0.5, 0.6) is 0 Å². The van der Waals surface area contributed by atoms with Crippen molar-refractivity contribution in [3.05, 3.63) is 95.9 Å². The van der Waals surface area contributed by atoms with Crippen LogP contribution in [-0.4, -0.2) is 0 Å². The van der Waals surface area contributed by atoms with Crippen molar-refractivity contribution in [2.45, 2.75) is 76.8 Å². The van der Waals surface area contributed by atoms with Gasteiger partial charge in [-0.2, -0.15) is 0 Å². The molecule has 0 radical (unpaired) electrons. The first kappa shape index (κ1) is 22.7. The van der Waals surface area contributed by atoms with Crippen LogP contribution in [0.15, 0.2) is 68.1 Å². The van der Waals surface area contributed by atoms with Crippen molar-refractivity contribution in [3.8, 4) is 0 Å². The number of rotatable bonds is 5. The summed E-state index contributed by atoms with van der Waals surface area (Å²) < 4.78 is 2.15. The molecule has 2 aromatic rings. The molecule has 2 aromatic carbocycles. The second kappa shape index (κ2) is 8.47. The van der Waals surface area contributed by atoms with E-state index in [1.807, 2.05) is 3.33 Å². The zero-order valence-corrected chi connectivity index (χ0v) is 24.1. The Bertz CT molecular complexity index is 1090. The average molecular weight is 575 g/mol. The normalized spacial score (nSPS) is 20.8. The van der Waals surface area contributed by atoms with Crippen LogP contribution in [0.4, 0.5) is 0 Å². The van der Waals surface area contributed by atoms with E-state index in [0.717, 1.165) is 0 Å². The van der Waals surface area contributed by atoms with Crippen molar-refractivity contribution in [2.75, 3.05) is 0 Å². The van der Waals surface area contributed by atoms with Gasteiger partial charge in [0.25, 0.3) is 0 Å². The van der Waals surface area contributed by atoms with Crippen molar-refractivity contribution in [3.63, 3.8) is 0 Å². The van der Waals surface area contributed by atoms with Gasteiger partial charge in [0.05, 0.1) is 0 Å². The van der Waals surface area contributed by atoms with Gasteiger partial charge in [-0.15, -0.1) is 0 Å². The molecule has 0 amide bonds. The zero-order valence-electron chi connectivity index (χ0n) is 20.5. The van der Waals surface area contributed by atoms with E-state index in [2.05, 4.69) is 104 Å². The summed E-state index contributed by atoms with van der Waals surface area (Å²) in [5, 5.41) is 0. The topological polar surface area (TPSA) is 0 Å². The Balaban J connectivity index is 1.73. The van der Waals surface area contributed by atoms with Gasteiger partial charge >= 0.3 is 202 Å². The molecule has 0 saturated heterocycles. The van der Waals surface area contributed by atoms with Crippen LogP contribution < -0.4 is 0 Å². The Morgan fingerprint density at radius 3 is 2.06 bits per heavy atom. The van der Waals surface area contributed by atoms with E-state index < -0.39 is 22.9 Å². The Labute approximate surface area is 200 Å². The van der Waals surface area contributed by atoms with Crippen molar-refractivity contribution in [2.24, 2.45) is 0 Å². The minimum absolute atomic E-state index is 0.334. The fourth-order valence-electron chi connectivity index (χ4n) is 5.44. The van der Waals surface area contributed by atoms with E-state index in [9.17, 15) is 0 Å². The maximum atomic E-state index is 2.61. The van der Waals surface area contributed by atoms with Crippen LogP contribution in [0.2, 0.25) is 3.17 Å². The van der Waals surface area contributed by atoms with Gasteiger partial charge in [0.2, 0.25) is 0 Å². The van der Waals surface area contributed by atoms with E-state index in [-0.39, 0.29) is 0 Å². The molecule has 31 heavy (non-hydrogen) atoms. The second-order valence-corrected chi connectivity index (χ2v) is 16.6. The summed E-state index contributed by atoms with van der Waals surface area (Å²) in [6.07, 6.45) is 3.83. The fraction of sp³-hybridized carbons (Fsp3) is 0.400. The summed E-state index contributed by atoms with van der Waals surface area (Å²) in [7, 11) is 0. The zero-order chi connectivity index (χ0) is 22.5. The summed E-state index contributed by atoms with van der Waals surface area (Å²) in [4.78, 5) is 0. The quantitative estimate of drug-likeness (QED) is 0.313. The van der Waals surface area contributed by atoms with Gasteiger partial charge in [0.15, 0.2) is 0 Å². The van der Waals surface area contributed by atoms with E-state index in [0.29, 0.717) is 15.0 Å². The van der Waals surface area contributed by atoms with Crippen molar-refractivity contribution >= 4 is 6.08 Å². The monoisotopic (exact) mass is 576 g/mol. The van der Waals surface area contributed by atoms with E-state index in [1.54, 1.807) is 27.9 Å². The van der Waals surface area contributed by atoms with Crippen LogP contribution in [0.1, 0.15) is 87.6 Å². The molecule has 0 spiro atoms. The third kappa shape index (κ3) is 3.92. The van der Waals surface area contributed by atoms with Crippen LogP contribution in [0.3, 0.4) is 0 Å². The average Bonchev–Trinajstić information content (AvgIpc) is 3.13. The number of allylic oxidation sites excluding steroid dienone is 5. The predicted octanol–water partition coefficient (Wildman–Crippen LogP) is 8.88. The van der Waals surface area contributed by atoms with E-state index in [4.69, 9.17) is 0 Å². The molecule has 1 heteroatoms. The Morgan fingerprint density at radius 1 is 0.871 bits per heavy atom. The van der Waals surface area contributed by atoms with Gasteiger partial charge in [-0.1, -0.05) is 0 Å². The first-order valence-electron chi connectivity index (χ1n) is 11.7. The van der Waals surface area contributed by atoms with Crippen LogP contribution in [0.25, 0.3) is 6.08 Å². The Kier molecular flexibility index (Phi) is 6.21. The van der Waals surface area contributed by atoms with Gasteiger partial charge in [-0.05, 0) is 0 Å². The summed E-state index contributed by atoms with van der Waals surface area (Å²) >= 11 is -1.16. The Hall–Kier alpha value is -1.47. The summed E-state index contributed by atoms with van der Waals surface area (Å²) in [6, 6.07) is 16.0. The fourth-order valence-corrected chi connectivity index (χ4v) is 12.6. The third-order valence-corrected chi connectivity index (χ3v) is 15.6. The molecule has 0 nitrogen and oxygen atoms in total. The SMILES string of the molecule is CC1=C(C)[C](C)([Hf][C]2=Cc3cc(C)c(C)cc3C2CC(C)c2ccccc2)C(C)=C1C.